The number of unbranched alkanes of at least 4 members (excludes halogenated alkanes) is 1. The molecule has 0 amide bonds. The number of aliphatic hydroxyl groups is 1. The molecule has 0 fully saturated rings. The molecule has 66 valence electrons. The first-order chi connectivity index (χ1) is 5.22. The van der Waals surface area contributed by atoms with Crippen molar-refractivity contribution < 1.29 is 5.11 Å². The molecule has 11 heavy (non-hydrogen) atoms. The van der Waals surface area contributed by atoms with Crippen LogP contribution in [0.5, 0.6) is 0 Å². The fourth-order valence-electron chi connectivity index (χ4n) is 1.18. The first kappa shape index (κ1) is 10.7. The van der Waals surface area contributed by atoms with Gasteiger partial charge in [0.15, 0.2) is 0 Å². The van der Waals surface area contributed by atoms with Crippen molar-refractivity contribution in [3.8, 4) is 0 Å². The molecule has 0 saturated heterocycles. The summed E-state index contributed by atoms with van der Waals surface area (Å²) in [5.74, 6) is 0.444. The maximum atomic E-state index is 9.40. The lowest BCUT2D eigenvalue weighted by molar-refractivity contribution is 0.107. The fraction of sp³-hybridized carbons (Fsp3) is 0.800. The molecule has 0 heterocycles. The first-order valence-corrected chi connectivity index (χ1v) is 4.51. The standard InChI is InChI=1S/C10H20O/c1-4-6-7-8-9(3)10(11)5-2/h4,9-11H,1,5-8H2,2-3H3. The number of hydrogen-bond donors (Lipinski definition) is 1. The highest BCUT2D eigenvalue weighted by molar-refractivity contribution is 4.69. The van der Waals surface area contributed by atoms with E-state index in [1.807, 2.05) is 13.0 Å². The minimum atomic E-state index is -0.111. The zero-order valence-electron chi connectivity index (χ0n) is 7.71. The number of aliphatic hydroxyl groups excluding tert-OH is 1. The van der Waals surface area contributed by atoms with Gasteiger partial charge < -0.3 is 5.11 Å². The van der Waals surface area contributed by atoms with Crippen LogP contribution in [0.2, 0.25) is 0 Å². The van der Waals surface area contributed by atoms with E-state index in [9.17, 15) is 5.11 Å². The van der Waals surface area contributed by atoms with Gasteiger partial charge in [0, 0.05) is 0 Å². The van der Waals surface area contributed by atoms with Crippen LogP contribution in [-0.4, -0.2) is 11.2 Å². The molecule has 0 aliphatic carbocycles. The van der Waals surface area contributed by atoms with Crippen molar-refractivity contribution in [1.82, 2.24) is 0 Å². The van der Waals surface area contributed by atoms with Crippen molar-refractivity contribution in [2.75, 3.05) is 0 Å². The molecule has 1 N–H and O–H groups in total. The quantitative estimate of drug-likeness (QED) is 0.463. The van der Waals surface area contributed by atoms with Crippen molar-refractivity contribution in [1.29, 1.82) is 0 Å². The normalized spacial score (nSPS) is 15.9. The van der Waals surface area contributed by atoms with E-state index in [-0.39, 0.29) is 6.10 Å². The smallest absolute Gasteiger partial charge is 0.0563 e. The minimum Gasteiger partial charge on any atom is -0.393 e. The van der Waals surface area contributed by atoms with Gasteiger partial charge in [0.2, 0.25) is 0 Å². The monoisotopic (exact) mass is 156 g/mol. The van der Waals surface area contributed by atoms with Crippen LogP contribution < -0.4 is 0 Å². The highest BCUT2D eigenvalue weighted by Crippen LogP contribution is 2.14. The molecule has 0 aliphatic heterocycles. The minimum absolute atomic E-state index is 0.111. The second kappa shape index (κ2) is 6.41. The zero-order chi connectivity index (χ0) is 8.69. The summed E-state index contributed by atoms with van der Waals surface area (Å²) in [7, 11) is 0. The lowest BCUT2D eigenvalue weighted by Crippen LogP contribution is -2.15. The van der Waals surface area contributed by atoms with E-state index in [4.69, 9.17) is 0 Å². The van der Waals surface area contributed by atoms with Crippen LogP contribution >= 0.6 is 0 Å². The van der Waals surface area contributed by atoms with Crippen LogP contribution in [0.1, 0.15) is 39.5 Å². The van der Waals surface area contributed by atoms with Gasteiger partial charge in [-0.25, -0.2) is 0 Å². The van der Waals surface area contributed by atoms with E-state index in [0.29, 0.717) is 5.92 Å². The summed E-state index contributed by atoms with van der Waals surface area (Å²) in [6.07, 6.45) is 6.03. The molecule has 0 rings (SSSR count). The van der Waals surface area contributed by atoms with Gasteiger partial charge in [0.25, 0.3) is 0 Å². The van der Waals surface area contributed by atoms with Crippen LogP contribution in [-0.2, 0) is 0 Å². The topological polar surface area (TPSA) is 20.2 Å². The second-order valence-electron chi connectivity index (χ2n) is 3.17. The largest absolute Gasteiger partial charge is 0.393 e. The van der Waals surface area contributed by atoms with Gasteiger partial charge in [-0.2, -0.15) is 0 Å². The average Bonchev–Trinajstić information content (AvgIpc) is 2.03. The Balaban J connectivity index is 3.34. The Morgan fingerprint density at radius 2 is 2.18 bits per heavy atom. The number of hydrogen-bond acceptors (Lipinski definition) is 1. The van der Waals surface area contributed by atoms with Crippen LogP contribution in [0.15, 0.2) is 12.7 Å². The molecule has 0 aromatic heterocycles. The molecule has 0 saturated carbocycles. The van der Waals surface area contributed by atoms with E-state index in [1.54, 1.807) is 0 Å². The molecule has 0 radical (unpaired) electrons. The van der Waals surface area contributed by atoms with Gasteiger partial charge in [-0.3, -0.25) is 0 Å². The van der Waals surface area contributed by atoms with Crippen LogP contribution in [0.3, 0.4) is 0 Å². The van der Waals surface area contributed by atoms with Gasteiger partial charge in [-0.05, 0) is 31.6 Å². The third-order valence-electron chi connectivity index (χ3n) is 2.14. The summed E-state index contributed by atoms with van der Waals surface area (Å²) in [5.41, 5.74) is 0. The summed E-state index contributed by atoms with van der Waals surface area (Å²) in [6, 6.07) is 0. The van der Waals surface area contributed by atoms with E-state index in [0.717, 1.165) is 25.7 Å². The van der Waals surface area contributed by atoms with Gasteiger partial charge in [0.05, 0.1) is 6.10 Å². The van der Waals surface area contributed by atoms with Crippen molar-refractivity contribution in [2.45, 2.75) is 45.6 Å². The Morgan fingerprint density at radius 1 is 1.55 bits per heavy atom. The van der Waals surface area contributed by atoms with E-state index >= 15 is 0 Å². The Kier molecular flexibility index (Phi) is 6.24. The average molecular weight is 156 g/mol. The lowest BCUT2D eigenvalue weighted by atomic mass is 9.96. The molecule has 0 spiro atoms. The van der Waals surface area contributed by atoms with Crippen LogP contribution in [0.25, 0.3) is 0 Å². The van der Waals surface area contributed by atoms with Crippen molar-refractivity contribution in [3.05, 3.63) is 12.7 Å². The molecule has 2 atom stereocenters. The molecular weight excluding hydrogens is 136 g/mol. The fourth-order valence-corrected chi connectivity index (χ4v) is 1.18. The summed E-state index contributed by atoms with van der Waals surface area (Å²) in [6.45, 7) is 7.79. The summed E-state index contributed by atoms with van der Waals surface area (Å²) >= 11 is 0. The highest BCUT2D eigenvalue weighted by atomic mass is 16.3. The highest BCUT2D eigenvalue weighted by Gasteiger charge is 2.10. The Hall–Kier alpha value is -0.300. The SMILES string of the molecule is C=CCCCC(C)C(O)CC. The van der Waals surface area contributed by atoms with Crippen LogP contribution in [0, 0.1) is 5.92 Å². The van der Waals surface area contributed by atoms with E-state index in [2.05, 4.69) is 13.5 Å². The van der Waals surface area contributed by atoms with Crippen molar-refractivity contribution in [2.24, 2.45) is 5.92 Å². The van der Waals surface area contributed by atoms with E-state index < -0.39 is 0 Å². The zero-order valence-corrected chi connectivity index (χ0v) is 7.71. The maximum Gasteiger partial charge on any atom is 0.0563 e. The summed E-state index contributed by atoms with van der Waals surface area (Å²) in [5, 5.41) is 9.40. The van der Waals surface area contributed by atoms with Gasteiger partial charge in [-0.1, -0.05) is 19.9 Å². The Labute approximate surface area is 70.1 Å². The molecule has 1 heteroatoms. The third kappa shape index (κ3) is 5.02. The molecule has 0 aromatic carbocycles. The molecule has 0 aliphatic rings. The van der Waals surface area contributed by atoms with Crippen molar-refractivity contribution in [3.63, 3.8) is 0 Å². The van der Waals surface area contributed by atoms with Gasteiger partial charge >= 0.3 is 0 Å². The summed E-state index contributed by atoms with van der Waals surface area (Å²) < 4.78 is 0. The number of allylic oxidation sites excluding steroid dienone is 1. The Bertz CT molecular complexity index is 99.0. The number of rotatable bonds is 6. The predicted molar refractivity (Wildman–Crippen MR) is 49.5 cm³/mol. The molecule has 1 nitrogen and oxygen atoms in total. The first-order valence-electron chi connectivity index (χ1n) is 4.51. The van der Waals surface area contributed by atoms with Gasteiger partial charge in [-0.15, -0.1) is 6.58 Å². The Morgan fingerprint density at radius 3 is 2.64 bits per heavy atom. The van der Waals surface area contributed by atoms with E-state index in [1.165, 1.54) is 0 Å². The summed E-state index contributed by atoms with van der Waals surface area (Å²) in [4.78, 5) is 0. The lowest BCUT2D eigenvalue weighted by Gasteiger charge is -2.16. The van der Waals surface area contributed by atoms with Gasteiger partial charge in [0.1, 0.15) is 0 Å². The maximum absolute atomic E-state index is 9.40. The second-order valence-corrected chi connectivity index (χ2v) is 3.17. The molecular formula is C10H20O. The van der Waals surface area contributed by atoms with Crippen LogP contribution in [0.4, 0.5) is 0 Å². The van der Waals surface area contributed by atoms with Crippen molar-refractivity contribution >= 4 is 0 Å². The predicted octanol–water partition coefficient (Wildman–Crippen LogP) is 2.75. The molecule has 0 bridgehead atoms. The molecule has 2 unspecified atom stereocenters. The third-order valence-corrected chi connectivity index (χ3v) is 2.14. The molecule has 0 aromatic rings.